The summed E-state index contributed by atoms with van der Waals surface area (Å²) in [7, 11) is 0. The minimum Gasteiger partial charge on any atom is -0.329 e. The van der Waals surface area contributed by atoms with E-state index in [1.54, 1.807) is 33.3 Å². The summed E-state index contributed by atoms with van der Waals surface area (Å²) < 4.78 is 13.1. The van der Waals surface area contributed by atoms with E-state index in [0.717, 1.165) is 35.7 Å². The van der Waals surface area contributed by atoms with E-state index < -0.39 is 0 Å². The Kier molecular flexibility index (Phi) is 4.40. The van der Waals surface area contributed by atoms with Gasteiger partial charge in [-0.15, -0.1) is 11.3 Å². The largest absolute Gasteiger partial charge is 0.329 e. The van der Waals surface area contributed by atoms with Crippen molar-refractivity contribution in [1.82, 2.24) is 19.7 Å². The molecule has 0 spiro atoms. The van der Waals surface area contributed by atoms with Crippen molar-refractivity contribution in [3.63, 3.8) is 0 Å². The lowest BCUT2D eigenvalue weighted by atomic mass is 10.0. The number of amides is 2. The van der Waals surface area contributed by atoms with Gasteiger partial charge in [-0.1, -0.05) is 0 Å². The normalized spacial score (nSPS) is 25.2. The molecule has 8 heteroatoms. The lowest BCUT2D eigenvalue weighted by molar-refractivity contribution is -0.163. The first-order valence-corrected chi connectivity index (χ1v) is 10.5. The van der Waals surface area contributed by atoms with Crippen molar-refractivity contribution in [2.75, 3.05) is 26.2 Å². The van der Waals surface area contributed by atoms with Gasteiger partial charge in [-0.05, 0) is 37.1 Å². The molecule has 4 heterocycles. The lowest BCUT2D eigenvalue weighted by Gasteiger charge is -2.47. The van der Waals surface area contributed by atoms with Gasteiger partial charge >= 0.3 is 0 Å². The summed E-state index contributed by atoms with van der Waals surface area (Å²) in [6, 6.07) is 5.73. The molecule has 28 heavy (non-hydrogen) atoms. The molecule has 146 valence electrons. The van der Waals surface area contributed by atoms with Gasteiger partial charge in [0.2, 0.25) is 11.8 Å². The first-order valence-electron chi connectivity index (χ1n) is 9.64. The zero-order valence-electron chi connectivity index (χ0n) is 15.4. The highest BCUT2D eigenvalue weighted by Gasteiger charge is 2.49. The monoisotopic (exact) mass is 400 g/mol. The fraction of sp³-hybridized carbons (Fsp3) is 0.450. The number of aromatic nitrogens is 1. The van der Waals surface area contributed by atoms with Crippen LogP contribution in [0, 0.1) is 5.82 Å². The number of carbonyl (C=O) groups excluding carboxylic acids is 2. The molecular weight excluding hydrogens is 379 g/mol. The van der Waals surface area contributed by atoms with Crippen LogP contribution >= 0.6 is 11.3 Å². The van der Waals surface area contributed by atoms with Gasteiger partial charge < -0.3 is 9.80 Å². The number of hydrogen-bond donors (Lipinski definition) is 0. The van der Waals surface area contributed by atoms with Crippen molar-refractivity contribution in [2.24, 2.45) is 0 Å². The quantitative estimate of drug-likeness (QED) is 0.791. The van der Waals surface area contributed by atoms with Crippen molar-refractivity contribution in [3.05, 3.63) is 40.5 Å². The predicted octanol–water partition coefficient (Wildman–Crippen LogP) is 1.97. The molecule has 0 N–H and O–H groups in total. The standard InChI is InChI=1S/C20H21FN4O2S/c21-14-5-3-13(4-6-14)15-12-28-18(22-15)11-23-8-9-25-17(10-23)20(27)24-7-1-2-16(24)19(25)26/h3-6,12,16-17H,1-2,7-11H2/t16-,17+/m0/s1. The van der Waals surface area contributed by atoms with Gasteiger partial charge in [0.15, 0.2) is 0 Å². The third-order valence-corrected chi connectivity index (χ3v) is 6.74. The van der Waals surface area contributed by atoms with Crippen LogP contribution in [0.2, 0.25) is 0 Å². The second-order valence-corrected chi connectivity index (χ2v) is 8.55. The highest BCUT2D eigenvalue weighted by atomic mass is 32.1. The number of thiazole rings is 1. The Morgan fingerprint density at radius 3 is 2.61 bits per heavy atom. The summed E-state index contributed by atoms with van der Waals surface area (Å²) >= 11 is 1.57. The topological polar surface area (TPSA) is 56.8 Å². The van der Waals surface area contributed by atoms with Crippen molar-refractivity contribution < 1.29 is 14.0 Å². The molecule has 2 atom stereocenters. The number of nitrogens with zero attached hydrogens (tertiary/aromatic N) is 4. The minimum atomic E-state index is -0.368. The molecule has 6 nitrogen and oxygen atoms in total. The van der Waals surface area contributed by atoms with Crippen LogP contribution in [0.25, 0.3) is 11.3 Å². The highest BCUT2D eigenvalue weighted by Crippen LogP contribution is 2.30. The number of benzene rings is 1. The van der Waals surface area contributed by atoms with Crippen LogP contribution < -0.4 is 0 Å². The Bertz CT molecular complexity index is 915. The van der Waals surface area contributed by atoms with Gasteiger partial charge in [0.25, 0.3) is 0 Å². The van der Waals surface area contributed by atoms with Crippen LogP contribution in [-0.2, 0) is 16.1 Å². The van der Waals surface area contributed by atoms with Gasteiger partial charge in [0.1, 0.15) is 22.9 Å². The fourth-order valence-electron chi connectivity index (χ4n) is 4.46. The molecule has 3 aliphatic rings. The summed E-state index contributed by atoms with van der Waals surface area (Å²) in [6.45, 7) is 3.25. The Balaban J connectivity index is 1.28. The van der Waals surface area contributed by atoms with Gasteiger partial charge in [-0.2, -0.15) is 0 Å². The second-order valence-electron chi connectivity index (χ2n) is 7.61. The van der Waals surface area contributed by atoms with Crippen molar-refractivity contribution >= 4 is 23.2 Å². The van der Waals surface area contributed by atoms with E-state index >= 15 is 0 Å². The maximum absolute atomic E-state index is 13.1. The summed E-state index contributed by atoms with van der Waals surface area (Å²) in [6.07, 6.45) is 1.71. The molecule has 0 bridgehead atoms. The maximum Gasteiger partial charge on any atom is 0.247 e. The molecule has 0 saturated carbocycles. The van der Waals surface area contributed by atoms with Gasteiger partial charge in [-0.3, -0.25) is 14.5 Å². The molecule has 0 unspecified atom stereocenters. The maximum atomic E-state index is 13.1. The van der Waals surface area contributed by atoms with Gasteiger partial charge in [0, 0.05) is 37.1 Å². The predicted molar refractivity (Wildman–Crippen MR) is 103 cm³/mol. The van der Waals surface area contributed by atoms with E-state index in [0.29, 0.717) is 26.2 Å². The highest BCUT2D eigenvalue weighted by molar-refractivity contribution is 7.09. The van der Waals surface area contributed by atoms with E-state index in [1.807, 2.05) is 5.38 Å². The SMILES string of the molecule is O=C1[C@@H]2CCCN2C(=O)[C@H]2CN(Cc3nc(-c4ccc(F)cc4)cs3)CCN12. The third-order valence-electron chi connectivity index (χ3n) is 5.90. The Morgan fingerprint density at radius 2 is 1.79 bits per heavy atom. The fourth-order valence-corrected chi connectivity index (χ4v) is 5.30. The van der Waals surface area contributed by atoms with E-state index in [4.69, 9.17) is 0 Å². The second kappa shape index (κ2) is 6.93. The zero-order chi connectivity index (χ0) is 19.3. The molecule has 2 aromatic rings. The first kappa shape index (κ1) is 17.8. The molecule has 3 saturated heterocycles. The van der Waals surface area contributed by atoms with Crippen LogP contribution in [0.5, 0.6) is 0 Å². The number of rotatable bonds is 3. The summed E-state index contributed by atoms with van der Waals surface area (Å²) in [5.74, 6) is -0.0449. The molecule has 3 fully saturated rings. The number of carbonyl (C=O) groups is 2. The summed E-state index contributed by atoms with van der Waals surface area (Å²) in [5.41, 5.74) is 1.73. The molecule has 5 rings (SSSR count). The Labute approximate surface area is 166 Å². The Morgan fingerprint density at radius 1 is 1.04 bits per heavy atom. The number of piperazine rings is 2. The van der Waals surface area contributed by atoms with Gasteiger partial charge in [0.05, 0.1) is 12.2 Å². The Hall–Kier alpha value is -2.32. The molecule has 2 amide bonds. The van der Waals surface area contributed by atoms with E-state index in [-0.39, 0.29) is 29.7 Å². The minimum absolute atomic E-state index is 0.0953. The lowest BCUT2D eigenvalue weighted by Crippen LogP contribution is -2.68. The first-order chi connectivity index (χ1) is 13.6. The zero-order valence-corrected chi connectivity index (χ0v) is 16.2. The van der Waals surface area contributed by atoms with Crippen molar-refractivity contribution in [1.29, 1.82) is 0 Å². The van der Waals surface area contributed by atoms with Gasteiger partial charge in [-0.25, -0.2) is 9.37 Å². The molecule has 0 radical (unpaired) electrons. The van der Waals surface area contributed by atoms with Crippen LogP contribution in [-0.4, -0.2) is 69.8 Å². The van der Waals surface area contributed by atoms with Crippen LogP contribution in [0.3, 0.4) is 0 Å². The van der Waals surface area contributed by atoms with Crippen LogP contribution in [0.15, 0.2) is 29.6 Å². The number of hydrogen-bond acceptors (Lipinski definition) is 5. The summed E-state index contributed by atoms with van der Waals surface area (Å²) in [4.78, 5) is 36.0. The molecule has 1 aromatic heterocycles. The van der Waals surface area contributed by atoms with Crippen LogP contribution in [0.4, 0.5) is 4.39 Å². The average Bonchev–Trinajstić information content (AvgIpc) is 3.37. The van der Waals surface area contributed by atoms with Crippen LogP contribution in [0.1, 0.15) is 17.8 Å². The molecule has 1 aromatic carbocycles. The average molecular weight is 400 g/mol. The van der Waals surface area contributed by atoms with E-state index in [1.165, 1.54) is 12.1 Å². The number of halogens is 1. The third kappa shape index (κ3) is 3.00. The molecular formula is C20H21FN4O2S. The molecule has 0 aliphatic carbocycles. The van der Waals surface area contributed by atoms with E-state index in [2.05, 4.69) is 9.88 Å². The van der Waals surface area contributed by atoms with Crippen molar-refractivity contribution in [2.45, 2.75) is 31.5 Å². The van der Waals surface area contributed by atoms with Crippen molar-refractivity contribution in [3.8, 4) is 11.3 Å². The number of fused-ring (bicyclic) bond motifs is 2. The van der Waals surface area contributed by atoms with E-state index in [9.17, 15) is 14.0 Å². The smallest absolute Gasteiger partial charge is 0.247 e. The summed E-state index contributed by atoms with van der Waals surface area (Å²) in [5, 5.41) is 2.93. The molecule has 3 aliphatic heterocycles.